The van der Waals surface area contributed by atoms with Gasteiger partial charge in [-0.25, -0.2) is 0 Å². The first-order chi connectivity index (χ1) is 5.70. The first kappa shape index (κ1) is 9.71. The molecule has 0 aliphatic rings. The smallest absolute Gasteiger partial charge is 0.0694 e. The maximum absolute atomic E-state index is 5.51. The number of nitrogens with two attached hydrogens (primary N) is 1. The fourth-order valence-corrected chi connectivity index (χ4v) is 1.65. The van der Waals surface area contributed by atoms with E-state index in [1.807, 2.05) is 30.3 Å². The zero-order valence-electron chi connectivity index (χ0n) is 6.57. The molecule has 2 N–H and O–H groups in total. The van der Waals surface area contributed by atoms with Crippen LogP contribution in [0.3, 0.4) is 0 Å². The highest BCUT2D eigenvalue weighted by atomic mass is 32.2. The second-order valence-electron chi connectivity index (χ2n) is 2.34. The lowest BCUT2D eigenvalue weighted by molar-refractivity contribution is 1.11. The number of rotatable bonds is 2. The fourth-order valence-electron chi connectivity index (χ4n) is 0.680. The van der Waals surface area contributed by atoms with Crippen molar-refractivity contribution in [2.45, 2.75) is 10.9 Å². The lowest BCUT2D eigenvalue weighted by Gasteiger charge is -2.05. The van der Waals surface area contributed by atoms with Crippen molar-refractivity contribution in [2.75, 3.05) is 0 Å². The average Bonchev–Trinajstić information content (AvgIpc) is 2.06. The summed E-state index contributed by atoms with van der Waals surface area (Å²) < 4.78 is 0.723. The van der Waals surface area contributed by atoms with Gasteiger partial charge in [0.1, 0.15) is 0 Å². The Morgan fingerprint density at radius 2 is 2.00 bits per heavy atom. The molecule has 12 heavy (non-hydrogen) atoms. The summed E-state index contributed by atoms with van der Waals surface area (Å²) in [6, 6.07) is 9.64. The Hall–Kier alpha value is -0.380. The van der Waals surface area contributed by atoms with Crippen molar-refractivity contribution in [3.8, 4) is 0 Å². The molecule has 0 aromatic heterocycles. The lowest BCUT2D eigenvalue weighted by Crippen LogP contribution is -2.22. The number of thioether (sulfide) groups is 1. The van der Waals surface area contributed by atoms with Crippen LogP contribution in [0.2, 0.25) is 0 Å². The summed E-state index contributed by atoms with van der Waals surface area (Å²) >= 11 is 6.53. The molecular formula is C9H10NS2. The van der Waals surface area contributed by atoms with Gasteiger partial charge in [0.15, 0.2) is 0 Å². The van der Waals surface area contributed by atoms with Gasteiger partial charge in [0.25, 0.3) is 0 Å². The number of hydrogen-bond donors (Lipinski definition) is 1. The van der Waals surface area contributed by atoms with Crippen LogP contribution in [0.25, 0.3) is 0 Å². The van der Waals surface area contributed by atoms with Gasteiger partial charge in [0.2, 0.25) is 0 Å². The van der Waals surface area contributed by atoms with Crippen molar-refractivity contribution >= 4 is 28.2 Å². The molecule has 0 saturated heterocycles. The van der Waals surface area contributed by atoms with Crippen molar-refractivity contribution in [1.29, 1.82) is 0 Å². The van der Waals surface area contributed by atoms with E-state index >= 15 is 0 Å². The molecule has 0 amide bonds. The van der Waals surface area contributed by atoms with E-state index in [1.54, 1.807) is 0 Å². The summed E-state index contributed by atoms with van der Waals surface area (Å²) in [5.74, 6) is 0. The van der Waals surface area contributed by atoms with E-state index in [2.05, 4.69) is 6.92 Å². The summed E-state index contributed by atoms with van der Waals surface area (Å²) in [4.78, 5) is 1.11. The van der Waals surface area contributed by atoms with Gasteiger partial charge in [-0.1, -0.05) is 42.2 Å². The van der Waals surface area contributed by atoms with Gasteiger partial charge in [0, 0.05) is 10.9 Å². The third-order valence-electron chi connectivity index (χ3n) is 1.26. The molecule has 1 aromatic carbocycles. The first-order valence-corrected chi connectivity index (χ1v) is 4.78. The van der Waals surface area contributed by atoms with Crippen LogP contribution in [-0.4, -0.2) is 10.2 Å². The molecule has 1 atom stereocenters. The van der Waals surface area contributed by atoms with Crippen LogP contribution in [0, 0.1) is 6.92 Å². The molecule has 0 spiro atoms. The fraction of sp³-hybridized carbons (Fsp3) is 0.111. The molecule has 1 nitrogen and oxygen atoms in total. The first-order valence-electron chi connectivity index (χ1n) is 3.55. The largest absolute Gasteiger partial charge is 0.323 e. The highest BCUT2D eigenvalue weighted by molar-refractivity contribution is 8.23. The minimum absolute atomic E-state index is 0.273. The van der Waals surface area contributed by atoms with Crippen LogP contribution in [0.4, 0.5) is 0 Å². The zero-order valence-corrected chi connectivity index (χ0v) is 8.20. The summed E-state index contributed by atoms with van der Waals surface area (Å²) in [7, 11) is 0. The minimum atomic E-state index is -0.273. The molecule has 0 aliphatic heterocycles. The van der Waals surface area contributed by atoms with Crippen LogP contribution >= 0.6 is 24.0 Å². The molecule has 0 fully saturated rings. The molecule has 0 heterocycles. The number of thiocarbonyl (C=S) groups is 1. The normalized spacial score (nSPS) is 12.5. The molecule has 0 saturated carbocycles. The standard InChI is InChI=1S/C9H10NS2/c1-7(10)9(11)12-8-5-3-2-4-6-8/h2-7H,1,10H2. The molecule has 0 bridgehead atoms. The van der Waals surface area contributed by atoms with Crippen molar-refractivity contribution in [3.63, 3.8) is 0 Å². The molecule has 0 aliphatic carbocycles. The maximum Gasteiger partial charge on any atom is 0.0694 e. The quantitative estimate of drug-likeness (QED) is 0.580. The second kappa shape index (κ2) is 4.60. The van der Waals surface area contributed by atoms with E-state index in [9.17, 15) is 0 Å². The predicted octanol–water partition coefficient (Wildman–Crippen LogP) is 2.27. The molecule has 63 valence electrons. The van der Waals surface area contributed by atoms with Crippen molar-refractivity contribution in [2.24, 2.45) is 5.73 Å². The van der Waals surface area contributed by atoms with Crippen LogP contribution in [0.1, 0.15) is 0 Å². The lowest BCUT2D eigenvalue weighted by atomic mass is 10.4. The summed E-state index contributed by atoms with van der Waals surface area (Å²) in [6.07, 6.45) is 0. The molecular weight excluding hydrogens is 186 g/mol. The van der Waals surface area contributed by atoms with E-state index in [4.69, 9.17) is 18.0 Å². The topological polar surface area (TPSA) is 26.0 Å². The van der Waals surface area contributed by atoms with Gasteiger partial charge in [-0.3, -0.25) is 0 Å². The molecule has 1 radical (unpaired) electrons. The van der Waals surface area contributed by atoms with Crippen LogP contribution < -0.4 is 5.73 Å². The van der Waals surface area contributed by atoms with Crippen molar-refractivity contribution in [3.05, 3.63) is 37.3 Å². The Morgan fingerprint density at radius 3 is 2.50 bits per heavy atom. The van der Waals surface area contributed by atoms with Crippen LogP contribution in [0.15, 0.2) is 35.2 Å². The zero-order chi connectivity index (χ0) is 8.97. The van der Waals surface area contributed by atoms with Gasteiger partial charge < -0.3 is 5.73 Å². The number of hydrogen-bond acceptors (Lipinski definition) is 3. The van der Waals surface area contributed by atoms with E-state index in [-0.39, 0.29) is 6.04 Å². The van der Waals surface area contributed by atoms with Crippen molar-refractivity contribution in [1.82, 2.24) is 0 Å². The van der Waals surface area contributed by atoms with Crippen LogP contribution in [-0.2, 0) is 0 Å². The van der Waals surface area contributed by atoms with Gasteiger partial charge in [-0.15, -0.1) is 0 Å². The Bertz CT molecular complexity index is 256. The SMILES string of the molecule is [CH2]C(N)C(=S)Sc1ccccc1. The third-order valence-corrected chi connectivity index (χ3v) is 2.83. The minimum Gasteiger partial charge on any atom is -0.323 e. The second-order valence-corrected chi connectivity index (χ2v) is 4.15. The van der Waals surface area contributed by atoms with E-state index in [1.165, 1.54) is 11.8 Å². The molecule has 1 rings (SSSR count). The van der Waals surface area contributed by atoms with Crippen LogP contribution in [0.5, 0.6) is 0 Å². The Balaban J connectivity index is 2.59. The van der Waals surface area contributed by atoms with E-state index in [0.29, 0.717) is 0 Å². The number of benzene rings is 1. The molecule has 3 heteroatoms. The van der Waals surface area contributed by atoms with Gasteiger partial charge in [-0.05, 0) is 19.1 Å². The van der Waals surface area contributed by atoms with Gasteiger partial charge >= 0.3 is 0 Å². The van der Waals surface area contributed by atoms with Gasteiger partial charge in [0.05, 0.1) is 4.20 Å². The molecule has 1 unspecified atom stereocenters. The Morgan fingerprint density at radius 1 is 1.42 bits per heavy atom. The monoisotopic (exact) mass is 196 g/mol. The average molecular weight is 196 g/mol. The predicted molar refractivity (Wildman–Crippen MR) is 58.2 cm³/mol. The molecule has 1 aromatic rings. The Kier molecular flexibility index (Phi) is 3.72. The third kappa shape index (κ3) is 2.93. The highest BCUT2D eigenvalue weighted by Crippen LogP contribution is 2.19. The van der Waals surface area contributed by atoms with E-state index < -0.39 is 0 Å². The summed E-state index contributed by atoms with van der Waals surface area (Å²) in [6.45, 7) is 3.65. The van der Waals surface area contributed by atoms with Gasteiger partial charge in [-0.2, -0.15) is 0 Å². The maximum atomic E-state index is 5.51. The Labute approximate surface area is 82.3 Å². The summed E-state index contributed by atoms with van der Waals surface area (Å²) in [5.41, 5.74) is 5.51. The van der Waals surface area contributed by atoms with Crippen molar-refractivity contribution < 1.29 is 0 Å². The highest BCUT2D eigenvalue weighted by Gasteiger charge is 2.03. The van der Waals surface area contributed by atoms with E-state index in [0.717, 1.165) is 9.09 Å². The summed E-state index contributed by atoms with van der Waals surface area (Å²) in [5, 5.41) is 0.